The molecule has 0 N–H and O–H groups in total. The fraction of sp³-hybridized carbons (Fsp3) is 0.297. The van der Waals surface area contributed by atoms with E-state index in [1.807, 2.05) is 91.0 Å². The Balaban J connectivity index is 1.52. The van der Waals surface area contributed by atoms with Crippen LogP contribution in [0.2, 0.25) is 0 Å². The van der Waals surface area contributed by atoms with Gasteiger partial charge in [0.2, 0.25) is 6.29 Å². The molecule has 4 aromatic rings. The van der Waals surface area contributed by atoms with Crippen molar-refractivity contribution in [2.75, 3.05) is 13.7 Å². The first-order chi connectivity index (χ1) is 23.8. The third-order valence-corrected chi connectivity index (χ3v) is 7.41. The Bertz CT molecular complexity index is 1590. The number of ether oxygens (including phenoxy) is 7. The predicted octanol–water partition coefficient (Wildman–Crippen LogP) is 7.56. The van der Waals surface area contributed by atoms with Gasteiger partial charge in [0.25, 0.3) is 5.90 Å². The Morgan fingerprint density at radius 1 is 0.673 bits per heavy atom. The molecular formula is C37H36F3NO8. The number of nitrogens with zero attached hydrogens (tertiary/aromatic N) is 1. The molecule has 0 aliphatic carbocycles. The standard InChI is InChI=1S/C37H36F3NO8/c1-43-36(42)48-33-32(46-24-28-18-10-4-11-19-28)31(45-23-27-16-8-3-9-17-27)30(25-44-22-26-14-6-2-7-15-26)47-34(33)49-35(37(38,39)40)41-29-20-12-5-13-21-29/h2-21,30-34H,22-25H2,1H3/t30-,31+,32+,33-,34?/m1/s1. The zero-order valence-corrected chi connectivity index (χ0v) is 26.6. The number of hydrogen-bond acceptors (Lipinski definition) is 9. The molecular weight excluding hydrogens is 643 g/mol. The average molecular weight is 680 g/mol. The Hall–Kier alpha value is -4.75. The van der Waals surface area contributed by atoms with E-state index in [2.05, 4.69) is 4.99 Å². The zero-order chi connectivity index (χ0) is 34.5. The van der Waals surface area contributed by atoms with Crippen molar-refractivity contribution in [3.8, 4) is 0 Å². The summed E-state index contributed by atoms with van der Waals surface area (Å²) >= 11 is 0. The van der Waals surface area contributed by atoms with Crippen LogP contribution in [0.25, 0.3) is 0 Å². The summed E-state index contributed by atoms with van der Waals surface area (Å²) in [6.45, 7) is 0.112. The normalized spacial score (nSPS) is 21.1. The fourth-order valence-corrected chi connectivity index (χ4v) is 5.07. The molecule has 258 valence electrons. The molecule has 1 heterocycles. The molecule has 5 atom stereocenters. The van der Waals surface area contributed by atoms with Gasteiger partial charge in [-0.15, -0.1) is 0 Å². The van der Waals surface area contributed by atoms with Crippen molar-refractivity contribution >= 4 is 17.7 Å². The number of alkyl halides is 3. The molecule has 0 aromatic heterocycles. The van der Waals surface area contributed by atoms with Crippen LogP contribution in [-0.4, -0.2) is 62.7 Å². The number of hydrogen-bond donors (Lipinski definition) is 0. The molecule has 9 nitrogen and oxygen atoms in total. The highest BCUT2D eigenvalue weighted by Gasteiger charge is 2.53. The van der Waals surface area contributed by atoms with Crippen LogP contribution < -0.4 is 0 Å². The second-order valence-corrected chi connectivity index (χ2v) is 11.0. The van der Waals surface area contributed by atoms with Crippen molar-refractivity contribution in [2.24, 2.45) is 4.99 Å². The lowest BCUT2D eigenvalue weighted by Crippen LogP contribution is -2.62. The molecule has 5 rings (SSSR count). The van der Waals surface area contributed by atoms with Crippen molar-refractivity contribution < 1.29 is 51.1 Å². The summed E-state index contributed by atoms with van der Waals surface area (Å²) in [5.41, 5.74) is 2.42. The lowest BCUT2D eigenvalue weighted by atomic mass is 9.98. The summed E-state index contributed by atoms with van der Waals surface area (Å²) in [6.07, 6.45) is -13.0. The van der Waals surface area contributed by atoms with E-state index in [4.69, 9.17) is 33.2 Å². The van der Waals surface area contributed by atoms with Gasteiger partial charge in [-0.05, 0) is 28.8 Å². The largest absolute Gasteiger partial charge is 0.508 e. The van der Waals surface area contributed by atoms with E-state index >= 15 is 0 Å². The number of aliphatic imine (C=N–C) groups is 1. The predicted molar refractivity (Wildman–Crippen MR) is 173 cm³/mol. The topological polar surface area (TPSA) is 94.0 Å². The lowest BCUT2D eigenvalue weighted by Gasteiger charge is -2.45. The smallest absolute Gasteiger partial charge is 0.440 e. The van der Waals surface area contributed by atoms with Crippen LogP contribution in [0.15, 0.2) is 126 Å². The Morgan fingerprint density at radius 2 is 1.16 bits per heavy atom. The van der Waals surface area contributed by atoms with Gasteiger partial charge in [0.15, 0.2) is 6.10 Å². The maximum atomic E-state index is 14.4. The maximum Gasteiger partial charge on any atom is 0.508 e. The molecule has 12 heteroatoms. The van der Waals surface area contributed by atoms with Gasteiger partial charge in [-0.1, -0.05) is 109 Å². The average Bonchev–Trinajstić information content (AvgIpc) is 3.12. The van der Waals surface area contributed by atoms with E-state index in [9.17, 15) is 18.0 Å². The minimum Gasteiger partial charge on any atom is -0.440 e. The Labute approximate surface area is 282 Å². The maximum absolute atomic E-state index is 14.4. The van der Waals surface area contributed by atoms with Gasteiger partial charge in [-0.2, -0.15) is 13.2 Å². The number of methoxy groups -OCH3 is 1. The molecule has 0 saturated carbocycles. The molecule has 1 saturated heterocycles. The summed E-state index contributed by atoms with van der Waals surface area (Å²) < 4.78 is 84.0. The van der Waals surface area contributed by atoms with Crippen molar-refractivity contribution in [1.82, 2.24) is 0 Å². The minimum atomic E-state index is -5.05. The van der Waals surface area contributed by atoms with E-state index in [0.717, 1.165) is 23.8 Å². The first kappa shape index (κ1) is 35.6. The van der Waals surface area contributed by atoms with Gasteiger partial charge in [-0.3, -0.25) is 0 Å². The molecule has 1 aliphatic heterocycles. The lowest BCUT2D eigenvalue weighted by molar-refractivity contribution is -0.306. The number of para-hydroxylation sites is 1. The second kappa shape index (κ2) is 17.6. The highest BCUT2D eigenvalue weighted by molar-refractivity contribution is 5.84. The van der Waals surface area contributed by atoms with Crippen molar-refractivity contribution in [3.63, 3.8) is 0 Å². The third kappa shape index (κ3) is 10.6. The summed E-state index contributed by atoms with van der Waals surface area (Å²) in [6, 6.07) is 35.2. The molecule has 1 aliphatic rings. The van der Waals surface area contributed by atoms with Crippen molar-refractivity contribution in [3.05, 3.63) is 138 Å². The number of benzene rings is 4. The van der Waals surface area contributed by atoms with Crippen LogP contribution in [0.1, 0.15) is 16.7 Å². The summed E-state index contributed by atoms with van der Waals surface area (Å²) in [7, 11) is 1.07. The van der Waals surface area contributed by atoms with E-state index in [-0.39, 0.29) is 32.1 Å². The van der Waals surface area contributed by atoms with Crippen LogP contribution in [0.5, 0.6) is 0 Å². The van der Waals surface area contributed by atoms with Gasteiger partial charge in [-0.25, -0.2) is 9.79 Å². The number of rotatable bonds is 13. The molecule has 0 amide bonds. The number of halogens is 3. The van der Waals surface area contributed by atoms with Crippen molar-refractivity contribution in [2.45, 2.75) is 56.7 Å². The fourth-order valence-electron chi connectivity index (χ4n) is 5.07. The Morgan fingerprint density at radius 3 is 1.67 bits per heavy atom. The Kier molecular flexibility index (Phi) is 12.8. The third-order valence-electron chi connectivity index (χ3n) is 7.41. The van der Waals surface area contributed by atoms with Crippen LogP contribution in [-0.2, 0) is 53.0 Å². The van der Waals surface area contributed by atoms with Gasteiger partial charge in [0, 0.05) is 0 Å². The first-order valence-corrected chi connectivity index (χ1v) is 15.5. The van der Waals surface area contributed by atoms with Crippen LogP contribution in [0.4, 0.5) is 23.7 Å². The molecule has 4 aromatic carbocycles. The molecule has 0 radical (unpaired) electrons. The van der Waals surface area contributed by atoms with Gasteiger partial charge >= 0.3 is 12.3 Å². The number of carbonyl (C=O) groups is 1. The molecule has 1 unspecified atom stereocenters. The minimum absolute atomic E-state index is 0.00766. The van der Waals surface area contributed by atoms with Crippen LogP contribution in [0.3, 0.4) is 0 Å². The van der Waals surface area contributed by atoms with E-state index in [1.165, 1.54) is 24.3 Å². The van der Waals surface area contributed by atoms with E-state index in [1.54, 1.807) is 6.07 Å². The van der Waals surface area contributed by atoms with Crippen LogP contribution >= 0.6 is 0 Å². The van der Waals surface area contributed by atoms with Gasteiger partial charge < -0.3 is 33.2 Å². The van der Waals surface area contributed by atoms with Gasteiger partial charge in [0.05, 0.1) is 39.2 Å². The summed E-state index contributed by atoms with van der Waals surface area (Å²) in [5.74, 6) is -1.61. The monoisotopic (exact) mass is 679 g/mol. The highest BCUT2D eigenvalue weighted by Crippen LogP contribution is 2.33. The van der Waals surface area contributed by atoms with E-state index in [0.29, 0.717) is 0 Å². The summed E-state index contributed by atoms with van der Waals surface area (Å²) in [4.78, 5) is 16.3. The second-order valence-electron chi connectivity index (χ2n) is 11.0. The molecule has 49 heavy (non-hydrogen) atoms. The molecule has 0 spiro atoms. The quantitative estimate of drug-likeness (QED) is 0.0812. The van der Waals surface area contributed by atoms with Crippen LogP contribution in [0, 0.1) is 0 Å². The number of carbonyl (C=O) groups excluding carboxylic acids is 1. The van der Waals surface area contributed by atoms with E-state index < -0.39 is 48.9 Å². The molecule has 0 bridgehead atoms. The summed E-state index contributed by atoms with van der Waals surface area (Å²) in [5, 5.41) is 0. The first-order valence-electron chi connectivity index (χ1n) is 15.5. The van der Waals surface area contributed by atoms with Gasteiger partial charge in [0.1, 0.15) is 18.3 Å². The highest BCUT2D eigenvalue weighted by atomic mass is 19.4. The molecule has 1 fully saturated rings. The van der Waals surface area contributed by atoms with Crippen molar-refractivity contribution in [1.29, 1.82) is 0 Å². The zero-order valence-electron chi connectivity index (χ0n) is 26.6. The SMILES string of the molecule is COC(=O)O[C@H]1C(OC(=Nc2ccccc2)C(F)(F)F)O[C@H](COCc2ccccc2)[C@H](OCc2ccccc2)[C@@H]1OCc1ccccc1.